The van der Waals surface area contributed by atoms with E-state index < -0.39 is 34.8 Å². The average Bonchev–Trinajstić information content (AvgIpc) is 2.14. The van der Waals surface area contributed by atoms with Crippen LogP contribution in [0.5, 0.6) is 0 Å². The first-order valence-electron chi connectivity index (χ1n) is 4.33. The molecule has 0 aromatic heterocycles. The Kier molecular flexibility index (Phi) is 3.22. The Bertz CT molecular complexity index is 443. The maximum atomic E-state index is 12.4. The molecule has 0 fully saturated rings. The van der Waals surface area contributed by atoms with Crippen molar-refractivity contribution in [3.8, 4) is 0 Å². The second kappa shape index (κ2) is 4.05. The summed E-state index contributed by atoms with van der Waals surface area (Å²) in [6.07, 6.45) is -10.3. The quantitative estimate of drug-likeness (QED) is 0.549. The SMILES string of the molecule is CC(=O)c1ccc(C(F)(F)F)c(C(F)(F)F)c1. The molecule has 1 aromatic carbocycles. The second-order valence-electron chi connectivity index (χ2n) is 3.31. The monoisotopic (exact) mass is 256 g/mol. The minimum Gasteiger partial charge on any atom is -0.295 e. The standard InChI is InChI=1S/C10H6F6O/c1-5(17)6-2-3-7(9(11,12)13)8(4-6)10(14,15)16/h2-4H,1H3. The number of alkyl halides is 6. The third kappa shape index (κ3) is 2.98. The zero-order valence-corrected chi connectivity index (χ0v) is 8.41. The molecule has 0 amide bonds. The van der Waals surface area contributed by atoms with Crippen molar-refractivity contribution in [1.82, 2.24) is 0 Å². The van der Waals surface area contributed by atoms with Crippen LogP contribution >= 0.6 is 0 Å². The van der Waals surface area contributed by atoms with E-state index in [2.05, 4.69) is 0 Å². The molecule has 94 valence electrons. The Morgan fingerprint density at radius 3 is 1.76 bits per heavy atom. The molecule has 1 nitrogen and oxygen atoms in total. The Morgan fingerprint density at radius 1 is 0.941 bits per heavy atom. The van der Waals surface area contributed by atoms with Crippen LogP contribution in [-0.2, 0) is 12.4 Å². The summed E-state index contributed by atoms with van der Waals surface area (Å²) in [6.45, 7) is 0.975. The Labute approximate surface area is 92.0 Å². The van der Waals surface area contributed by atoms with Gasteiger partial charge < -0.3 is 0 Å². The zero-order valence-electron chi connectivity index (χ0n) is 8.41. The molecule has 0 spiro atoms. The van der Waals surface area contributed by atoms with Gasteiger partial charge in [0.15, 0.2) is 5.78 Å². The normalized spacial score (nSPS) is 12.6. The number of hydrogen-bond donors (Lipinski definition) is 0. The highest BCUT2D eigenvalue weighted by atomic mass is 19.4. The molecule has 0 saturated heterocycles. The summed E-state index contributed by atoms with van der Waals surface area (Å²) in [4.78, 5) is 10.8. The second-order valence-corrected chi connectivity index (χ2v) is 3.31. The van der Waals surface area contributed by atoms with Crippen molar-refractivity contribution >= 4 is 5.78 Å². The topological polar surface area (TPSA) is 17.1 Å². The highest BCUT2D eigenvalue weighted by Gasteiger charge is 2.43. The van der Waals surface area contributed by atoms with Gasteiger partial charge in [0.25, 0.3) is 0 Å². The first-order chi connectivity index (χ1) is 7.53. The van der Waals surface area contributed by atoms with E-state index in [0.717, 1.165) is 13.0 Å². The summed E-state index contributed by atoms with van der Waals surface area (Å²) in [6, 6.07) is 1.20. The summed E-state index contributed by atoms with van der Waals surface area (Å²) in [5.74, 6) is -0.732. The third-order valence-corrected chi connectivity index (χ3v) is 2.04. The van der Waals surface area contributed by atoms with E-state index in [1.165, 1.54) is 0 Å². The van der Waals surface area contributed by atoms with Crippen molar-refractivity contribution in [3.63, 3.8) is 0 Å². The van der Waals surface area contributed by atoms with Gasteiger partial charge in [0.1, 0.15) is 0 Å². The molecule has 1 aromatic rings. The van der Waals surface area contributed by atoms with Crippen molar-refractivity contribution in [1.29, 1.82) is 0 Å². The van der Waals surface area contributed by atoms with Crippen LogP contribution in [0.4, 0.5) is 26.3 Å². The summed E-state index contributed by atoms with van der Waals surface area (Å²) in [5.41, 5.74) is -4.06. The van der Waals surface area contributed by atoms with Gasteiger partial charge in [-0.1, -0.05) is 6.07 Å². The van der Waals surface area contributed by atoms with Gasteiger partial charge in [0, 0.05) is 5.56 Å². The zero-order chi connectivity index (χ0) is 13.4. The average molecular weight is 256 g/mol. The first-order valence-corrected chi connectivity index (χ1v) is 4.33. The number of carbonyl (C=O) groups is 1. The van der Waals surface area contributed by atoms with Crippen molar-refractivity contribution in [3.05, 3.63) is 34.9 Å². The molecule has 1 rings (SSSR count). The fraction of sp³-hybridized carbons (Fsp3) is 0.300. The predicted octanol–water partition coefficient (Wildman–Crippen LogP) is 3.93. The molecular weight excluding hydrogens is 250 g/mol. The first kappa shape index (κ1) is 13.5. The van der Waals surface area contributed by atoms with Crippen molar-refractivity contribution in [2.45, 2.75) is 19.3 Å². The molecule has 7 heteroatoms. The lowest BCUT2D eigenvalue weighted by molar-refractivity contribution is -0.162. The highest BCUT2D eigenvalue weighted by Crippen LogP contribution is 2.40. The van der Waals surface area contributed by atoms with Crippen molar-refractivity contribution < 1.29 is 31.1 Å². The lowest BCUT2D eigenvalue weighted by Crippen LogP contribution is -2.17. The van der Waals surface area contributed by atoms with Crippen LogP contribution in [0.3, 0.4) is 0 Å². The Hall–Kier alpha value is -1.53. The number of Topliss-reactive ketones (excluding diaryl/α,β-unsaturated/α-hetero) is 1. The largest absolute Gasteiger partial charge is 0.417 e. The van der Waals surface area contributed by atoms with Crippen LogP contribution in [0.1, 0.15) is 28.4 Å². The summed E-state index contributed by atoms with van der Waals surface area (Å²) < 4.78 is 74.2. The van der Waals surface area contributed by atoms with E-state index in [0.29, 0.717) is 0 Å². The van der Waals surface area contributed by atoms with Crippen molar-refractivity contribution in [2.24, 2.45) is 0 Å². The minimum atomic E-state index is -5.16. The third-order valence-electron chi connectivity index (χ3n) is 2.04. The lowest BCUT2D eigenvalue weighted by Gasteiger charge is -2.15. The molecule has 0 heterocycles. The van der Waals surface area contributed by atoms with Gasteiger partial charge in [-0.25, -0.2) is 0 Å². The van der Waals surface area contributed by atoms with Gasteiger partial charge in [-0.3, -0.25) is 4.79 Å². The Balaban J connectivity index is 3.49. The van der Waals surface area contributed by atoms with E-state index in [-0.39, 0.29) is 12.1 Å². The fourth-order valence-corrected chi connectivity index (χ4v) is 1.24. The van der Waals surface area contributed by atoms with E-state index in [1.807, 2.05) is 0 Å². The lowest BCUT2D eigenvalue weighted by atomic mass is 10.0. The highest BCUT2D eigenvalue weighted by molar-refractivity contribution is 5.94. The van der Waals surface area contributed by atoms with Crippen molar-refractivity contribution in [2.75, 3.05) is 0 Å². The smallest absolute Gasteiger partial charge is 0.295 e. The number of benzene rings is 1. The van der Waals surface area contributed by atoms with Crippen LogP contribution in [0.25, 0.3) is 0 Å². The van der Waals surface area contributed by atoms with Gasteiger partial charge >= 0.3 is 12.4 Å². The molecule has 17 heavy (non-hydrogen) atoms. The molecule has 0 saturated carbocycles. The summed E-state index contributed by atoms with van der Waals surface area (Å²) in [7, 11) is 0. The summed E-state index contributed by atoms with van der Waals surface area (Å²) >= 11 is 0. The van der Waals surface area contributed by atoms with Crippen LogP contribution in [0, 0.1) is 0 Å². The molecule has 0 bridgehead atoms. The molecule has 0 aliphatic carbocycles. The number of halogens is 6. The minimum absolute atomic E-state index is 0.213. The molecular formula is C10H6F6O. The number of hydrogen-bond acceptors (Lipinski definition) is 1. The molecule has 0 N–H and O–H groups in total. The number of ketones is 1. The van der Waals surface area contributed by atoms with Crippen LogP contribution in [-0.4, -0.2) is 5.78 Å². The molecule has 0 aliphatic rings. The number of carbonyl (C=O) groups excluding carboxylic acids is 1. The van der Waals surface area contributed by atoms with Gasteiger partial charge in [-0.15, -0.1) is 0 Å². The Morgan fingerprint density at radius 2 is 1.41 bits per heavy atom. The van der Waals surface area contributed by atoms with Crippen LogP contribution in [0.2, 0.25) is 0 Å². The van der Waals surface area contributed by atoms with Gasteiger partial charge in [-0.05, 0) is 19.1 Å². The molecule has 0 unspecified atom stereocenters. The van der Waals surface area contributed by atoms with Crippen LogP contribution < -0.4 is 0 Å². The maximum Gasteiger partial charge on any atom is 0.417 e. The molecule has 0 atom stereocenters. The van der Waals surface area contributed by atoms with Gasteiger partial charge in [0.2, 0.25) is 0 Å². The van der Waals surface area contributed by atoms with Gasteiger partial charge in [-0.2, -0.15) is 26.3 Å². The maximum absolute atomic E-state index is 12.4. The van der Waals surface area contributed by atoms with E-state index >= 15 is 0 Å². The number of rotatable bonds is 1. The fourth-order valence-electron chi connectivity index (χ4n) is 1.24. The molecule has 0 radical (unpaired) electrons. The molecule has 0 aliphatic heterocycles. The van der Waals surface area contributed by atoms with E-state index in [4.69, 9.17) is 0 Å². The predicted molar refractivity (Wildman–Crippen MR) is 46.5 cm³/mol. The van der Waals surface area contributed by atoms with Crippen LogP contribution in [0.15, 0.2) is 18.2 Å². The van der Waals surface area contributed by atoms with Gasteiger partial charge in [0.05, 0.1) is 11.1 Å². The van der Waals surface area contributed by atoms with E-state index in [1.54, 1.807) is 0 Å². The van der Waals surface area contributed by atoms with E-state index in [9.17, 15) is 31.1 Å². The summed E-state index contributed by atoms with van der Waals surface area (Å²) in [5, 5.41) is 0.